The van der Waals surface area contributed by atoms with Crippen LogP contribution in [-0.2, 0) is 23.2 Å². The maximum atomic E-state index is 13.1. The highest BCUT2D eigenvalue weighted by molar-refractivity contribution is 6.07. The van der Waals surface area contributed by atoms with Crippen molar-refractivity contribution >= 4 is 34.6 Å². The number of benzene rings is 1. The number of carboxylic acids is 1. The standard InChI is InChI=1S/C20H21N5O4/c1-13(26)22-12-18-23-15-11-14(6-7-16(15)24(18)2)20(29)25(10-8-19(27)28)17-5-3-4-9-21-17/h3-7,9,11H,8,10,12H2,1-2H3,(H,22,26)(H,27,28). The van der Waals surface area contributed by atoms with Gasteiger partial charge in [0.25, 0.3) is 5.91 Å². The Bertz CT molecular complexity index is 1060. The number of pyridine rings is 1. The first-order valence-electron chi connectivity index (χ1n) is 9.01. The number of imidazole rings is 1. The average molecular weight is 395 g/mol. The third kappa shape index (κ3) is 4.57. The maximum Gasteiger partial charge on any atom is 0.305 e. The number of anilines is 1. The number of nitrogens with one attached hydrogen (secondary N) is 1. The number of nitrogens with zero attached hydrogens (tertiary/aromatic N) is 4. The highest BCUT2D eigenvalue weighted by atomic mass is 16.4. The van der Waals surface area contributed by atoms with E-state index in [2.05, 4.69) is 15.3 Å². The maximum absolute atomic E-state index is 13.1. The molecule has 9 nitrogen and oxygen atoms in total. The first-order valence-corrected chi connectivity index (χ1v) is 9.01. The van der Waals surface area contributed by atoms with Gasteiger partial charge in [-0.3, -0.25) is 19.3 Å². The van der Waals surface area contributed by atoms with E-state index in [1.807, 2.05) is 11.6 Å². The molecule has 0 fully saturated rings. The molecule has 3 aromatic rings. The average Bonchev–Trinajstić information content (AvgIpc) is 3.02. The molecule has 0 radical (unpaired) electrons. The normalized spacial score (nSPS) is 10.7. The molecule has 0 aliphatic rings. The van der Waals surface area contributed by atoms with E-state index < -0.39 is 5.97 Å². The number of carbonyl (C=O) groups excluding carboxylic acids is 2. The summed E-state index contributed by atoms with van der Waals surface area (Å²) in [5.41, 5.74) is 1.80. The van der Waals surface area contributed by atoms with Crippen molar-refractivity contribution in [3.8, 4) is 0 Å². The van der Waals surface area contributed by atoms with Gasteiger partial charge in [0.1, 0.15) is 11.6 Å². The Morgan fingerprint density at radius 3 is 2.66 bits per heavy atom. The van der Waals surface area contributed by atoms with Crippen molar-refractivity contribution in [1.29, 1.82) is 0 Å². The minimum Gasteiger partial charge on any atom is -0.481 e. The summed E-state index contributed by atoms with van der Waals surface area (Å²) in [4.78, 5) is 45.3. The van der Waals surface area contributed by atoms with Gasteiger partial charge in [0.15, 0.2) is 0 Å². The molecule has 0 aliphatic carbocycles. The molecular weight excluding hydrogens is 374 g/mol. The second kappa shape index (κ2) is 8.51. The van der Waals surface area contributed by atoms with E-state index in [4.69, 9.17) is 5.11 Å². The molecule has 3 rings (SSSR count). The molecule has 2 N–H and O–H groups in total. The molecule has 0 unspecified atom stereocenters. The Labute approximate surface area is 167 Å². The quantitative estimate of drug-likeness (QED) is 0.629. The Morgan fingerprint density at radius 1 is 1.21 bits per heavy atom. The number of carbonyl (C=O) groups is 3. The largest absolute Gasteiger partial charge is 0.481 e. The van der Waals surface area contributed by atoms with Crippen molar-refractivity contribution in [1.82, 2.24) is 19.9 Å². The Kier molecular flexibility index (Phi) is 5.87. The summed E-state index contributed by atoms with van der Waals surface area (Å²) >= 11 is 0. The molecule has 0 bridgehead atoms. The van der Waals surface area contributed by atoms with Gasteiger partial charge in [-0.05, 0) is 30.3 Å². The van der Waals surface area contributed by atoms with Crippen LogP contribution in [-0.4, -0.2) is 44.0 Å². The number of amides is 2. The number of hydrogen-bond donors (Lipinski definition) is 2. The highest BCUT2D eigenvalue weighted by Crippen LogP contribution is 2.20. The summed E-state index contributed by atoms with van der Waals surface area (Å²) in [6.07, 6.45) is 1.35. The molecule has 9 heteroatoms. The van der Waals surface area contributed by atoms with Crippen molar-refractivity contribution in [2.24, 2.45) is 7.05 Å². The SMILES string of the molecule is CC(=O)NCc1nc2cc(C(=O)N(CCC(=O)O)c3ccccn3)ccc2n1C. The molecule has 2 aromatic heterocycles. The first kappa shape index (κ1) is 20.0. The minimum atomic E-state index is -0.999. The molecule has 2 heterocycles. The fourth-order valence-corrected chi connectivity index (χ4v) is 2.94. The fraction of sp³-hybridized carbons (Fsp3) is 0.250. The lowest BCUT2D eigenvalue weighted by Gasteiger charge is -2.21. The number of hydrogen-bond acceptors (Lipinski definition) is 5. The van der Waals surface area contributed by atoms with Crippen LogP contribution in [0.1, 0.15) is 29.5 Å². The summed E-state index contributed by atoms with van der Waals surface area (Å²) in [6, 6.07) is 10.2. The highest BCUT2D eigenvalue weighted by Gasteiger charge is 2.21. The lowest BCUT2D eigenvalue weighted by molar-refractivity contribution is -0.136. The van der Waals surface area contributed by atoms with E-state index in [-0.39, 0.29) is 31.3 Å². The van der Waals surface area contributed by atoms with Crippen LogP contribution in [0.2, 0.25) is 0 Å². The summed E-state index contributed by atoms with van der Waals surface area (Å²) < 4.78 is 1.85. The fourth-order valence-electron chi connectivity index (χ4n) is 2.94. The minimum absolute atomic E-state index is 0.000777. The molecule has 150 valence electrons. The van der Waals surface area contributed by atoms with Crippen LogP contribution >= 0.6 is 0 Å². The lowest BCUT2D eigenvalue weighted by Crippen LogP contribution is -2.33. The molecule has 0 spiro atoms. The molecular formula is C20H21N5O4. The third-order valence-corrected chi connectivity index (χ3v) is 4.44. The van der Waals surface area contributed by atoms with Crippen LogP contribution in [0.4, 0.5) is 5.82 Å². The van der Waals surface area contributed by atoms with Crippen LogP contribution in [0.25, 0.3) is 11.0 Å². The van der Waals surface area contributed by atoms with Crippen molar-refractivity contribution in [2.75, 3.05) is 11.4 Å². The van der Waals surface area contributed by atoms with Crippen LogP contribution < -0.4 is 10.2 Å². The summed E-state index contributed by atoms with van der Waals surface area (Å²) in [6.45, 7) is 1.71. The van der Waals surface area contributed by atoms with Gasteiger partial charge >= 0.3 is 5.97 Å². The number of aromatic nitrogens is 3. The van der Waals surface area contributed by atoms with Crippen molar-refractivity contribution in [2.45, 2.75) is 19.9 Å². The van der Waals surface area contributed by atoms with E-state index >= 15 is 0 Å². The van der Waals surface area contributed by atoms with Crippen molar-refractivity contribution < 1.29 is 19.5 Å². The predicted molar refractivity (Wildman–Crippen MR) is 106 cm³/mol. The molecule has 0 atom stereocenters. The Hall–Kier alpha value is -3.75. The molecule has 0 saturated carbocycles. The summed E-state index contributed by atoms with van der Waals surface area (Å²) in [7, 11) is 1.83. The van der Waals surface area contributed by atoms with Crippen LogP contribution in [0.15, 0.2) is 42.6 Å². The Morgan fingerprint density at radius 2 is 2.00 bits per heavy atom. The zero-order chi connectivity index (χ0) is 21.0. The van der Waals surface area contributed by atoms with Gasteiger partial charge in [0.2, 0.25) is 5.91 Å². The number of carboxylic acid groups (broad SMARTS) is 1. The van der Waals surface area contributed by atoms with E-state index in [1.165, 1.54) is 11.8 Å². The molecule has 0 aliphatic heterocycles. The van der Waals surface area contributed by atoms with E-state index in [0.29, 0.717) is 22.7 Å². The predicted octanol–water partition coefficient (Wildman–Crippen LogP) is 1.73. The second-order valence-corrected chi connectivity index (χ2v) is 6.49. The molecule has 0 saturated heterocycles. The van der Waals surface area contributed by atoms with E-state index in [1.54, 1.807) is 42.6 Å². The van der Waals surface area contributed by atoms with Crippen molar-refractivity contribution in [3.63, 3.8) is 0 Å². The van der Waals surface area contributed by atoms with Gasteiger partial charge in [-0.1, -0.05) is 6.07 Å². The number of rotatable bonds is 7. The lowest BCUT2D eigenvalue weighted by atomic mass is 10.1. The number of fused-ring (bicyclic) bond motifs is 1. The third-order valence-electron chi connectivity index (χ3n) is 4.44. The van der Waals surface area contributed by atoms with Crippen molar-refractivity contribution in [3.05, 3.63) is 54.0 Å². The number of aliphatic carboxylic acids is 1. The van der Waals surface area contributed by atoms with Gasteiger partial charge in [-0.15, -0.1) is 0 Å². The van der Waals surface area contributed by atoms with Gasteiger partial charge in [0.05, 0.1) is 24.0 Å². The van der Waals surface area contributed by atoms with Gasteiger partial charge in [-0.25, -0.2) is 9.97 Å². The van der Waals surface area contributed by atoms with E-state index in [0.717, 1.165) is 5.52 Å². The monoisotopic (exact) mass is 395 g/mol. The molecule has 2 amide bonds. The van der Waals surface area contributed by atoms with Gasteiger partial charge < -0.3 is 15.0 Å². The molecule has 1 aromatic carbocycles. The van der Waals surface area contributed by atoms with E-state index in [9.17, 15) is 14.4 Å². The van der Waals surface area contributed by atoms with Crippen LogP contribution in [0.5, 0.6) is 0 Å². The zero-order valence-corrected chi connectivity index (χ0v) is 16.1. The smallest absolute Gasteiger partial charge is 0.305 e. The Balaban J connectivity index is 1.93. The summed E-state index contributed by atoms with van der Waals surface area (Å²) in [5.74, 6) is -0.474. The van der Waals surface area contributed by atoms with Gasteiger partial charge in [0, 0.05) is 32.3 Å². The van der Waals surface area contributed by atoms with Gasteiger partial charge in [-0.2, -0.15) is 0 Å². The topological polar surface area (TPSA) is 117 Å². The van der Waals surface area contributed by atoms with Crippen LogP contribution in [0.3, 0.4) is 0 Å². The zero-order valence-electron chi connectivity index (χ0n) is 16.1. The first-order chi connectivity index (χ1) is 13.9. The molecule has 29 heavy (non-hydrogen) atoms. The second-order valence-electron chi connectivity index (χ2n) is 6.49. The summed E-state index contributed by atoms with van der Waals surface area (Å²) in [5, 5.41) is 11.7. The number of aryl methyl sites for hydroxylation is 1. The van der Waals surface area contributed by atoms with Crippen LogP contribution in [0, 0.1) is 0 Å².